The Morgan fingerprint density at radius 2 is 1.60 bits per heavy atom. The molecule has 236 valence electrons. The lowest BCUT2D eigenvalue weighted by atomic mass is 10.0. The van der Waals surface area contributed by atoms with Crippen molar-refractivity contribution in [1.29, 1.82) is 0 Å². The number of hydrogen-bond acceptors (Lipinski definition) is 5. The highest BCUT2D eigenvalue weighted by Crippen LogP contribution is 2.32. The maximum Gasteiger partial charge on any atom is 0.264 e. The maximum absolute atomic E-state index is 14.5. The number of methoxy groups -OCH3 is 1. The lowest BCUT2D eigenvalue weighted by molar-refractivity contribution is -0.140. The lowest BCUT2D eigenvalue weighted by Crippen LogP contribution is -2.53. The summed E-state index contributed by atoms with van der Waals surface area (Å²) in [6, 6.07) is 26.8. The zero-order valence-corrected chi connectivity index (χ0v) is 28.4. The Kier molecular flexibility index (Phi) is 11.7. The van der Waals surface area contributed by atoms with Gasteiger partial charge in [-0.25, -0.2) is 8.42 Å². The van der Waals surface area contributed by atoms with Gasteiger partial charge in [-0.1, -0.05) is 87.7 Å². The largest absolute Gasteiger partial charge is 0.495 e. The minimum Gasteiger partial charge on any atom is -0.495 e. The number of carbonyl (C=O) groups excluding carboxylic acids is 2. The van der Waals surface area contributed by atoms with Gasteiger partial charge in [0.15, 0.2) is 0 Å². The molecule has 0 saturated carbocycles. The normalized spacial score (nSPS) is 11.8. The van der Waals surface area contributed by atoms with Crippen LogP contribution in [0.15, 0.2) is 106 Å². The summed E-state index contributed by atoms with van der Waals surface area (Å²) in [6.45, 7) is 3.52. The molecule has 2 amide bonds. The number of halogens is 2. The third-order valence-corrected chi connectivity index (χ3v) is 9.81. The number of nitrogens with zero attached hydrogens (tertiary/aromatic N) is 2. The number of nitrogens with one attached hydrogen (secondary N) is 1. The molecule has 8 nitrogen and oxygen atoms in total. The van der Waals surface area contributed by atoms with Gasteiger partial charge in [-0.3, -0.25) is 13.9 Å². The molecule has 45 heavy (non-hydrogen) atoms. The lowest BCUT2D eigenvalue weighted by Gasteiger charge is -2.34. The van der Waals surface area contributed by atoms with Crippen LogP contribution in [0.3, 0.4) is 0 Å². The first-order valence-corrected chi connectivity index (χ1v) is 16.9. The van der Waals surface area contributed by atoms with Gasteiger partial charge in [0.2, 0.25) is 11.8 Å². The quantitative estimate of drug-likeness (QED) is 0.173. The molecule has 0 aliphatic carbocycles. The van der Waals surface area contributed by atoms with Crippen LogP contribution in [0.1, 0.15) is 23.6 Å². The van der Waals surface area contributed by atoms with Crippen LogP contribution < -0.4 is 14.4 Å². The van der Waals surface area contributed by atoms with Crippen molar-refractivity contribution in [3.63, 3.8) is 0 Å². The Morgan fingerprint density at radius 3 is 2.20 bits per heavy atom. The van der Waals surface area contributed by atoms with Crippen molar-refractivity contribution >= 4 is 55.1 Å². The molecule has 0 aromatic heterocycles. The number of ether oxygens (including phenoxy) is 1. The van der Waals surface area contributed by atoms with E-state index in [1.165, 1.54) is 36.3 Å². The molecule has 0 aliphatic rings. The van der Waals surface area contributed by atoms with Crippen LogP contribution in [0.5, 0.6) is 5.75 Å². The van der Waals surface area contributed by atoms with Gasteiger partial charge in [0.05, 0.1) is 22.7 Å². The van der Waals surface area contributed by atoms with Gasteiger partial charge in [-0.15, -0.1) is 0 Å². The molecule has 4 aromatic rings. The number of hydrogen-bond donors (Lipinski definition) is 1. The van der Waals surface area contributed by atoms with Gasteiger partial charge >= 0.3 is 0 Å². The second-order valence-corrected chi connectivity index (χ2v) is 13.6. The van der Waals surface area contributed by atoms with Crippen molar-refractivity contribution in [2.24, 2.45) is 0 Å². The Labute approximate surface area is 278 Å². The summed E-state index contributed by atoms with van der Waals surface area (Å²) >= 11 is 9.87. The van der Waals surface area contributed by atoms with E-state index in [1.54, 1.807) is 18.2 Å². The van der Waals surface area contributed by atoms with Crippen LogP contribution in [0.2, 0.25) is 5.02 Å². The SMILES string of the molecule is CCNC(=O)[C@@H](Cc1ccccc1)N(Cc1ccc(Br)cc1)C(=O)CN(c1ccc(OC)c(Cl)c1)S(=O)(=O)c1ccc(C)cc1. The van der Waals surface area contributed by atoms with Gasteiger partial charge in [0.25, 0.3) is 10.0 Å². The Balaban J connectivity index is 1.81. The minimum atomic E-state index is -4.25. The third-order valence-electron chi connectivity index (χ3n) is 7.20. The molecular weight excluding hydrogens is 678 g/mol. The van der Waals surface area contributed by atoms with Crippen molar-refractivity contribution in [1.82, 2.24) is 10.2 Å². The first-order chi connectivity index (χ1) is 21.5. The highest BCUT2D eigenvalue weighted by atomic mass is 79.9. The molecule has 0 radical (unpaired) electrons. The summed E-state index contributed by atoms with van der Waals surface area (Å²) in [4.78, 5) is 29.5. The predicted molar refractivity (Wildman–Crippen MR) is 181 cm³/mol. The third kappa shape index (κ3) is 8.65. The zero-order valence-electron chi connectivity index (χ0n) is 25.2. The molecule has 4 rings (SSSR count). The molecule has 0 aliphatic heterocycles. The van der Waals surface area contributed by atoms with E-state index in [0.29, 0.717) is 12.3 Å². The van der Waals surface area contributed by atoms with Crippen LogP contribution in [0, 0.1) is 6.92 Å². The fourth-order valence-electron chi connectivity index (χ4n) is 4.81. The van der Waals surface area contributed by atoms with Crippen LogP contribution in [-0.2, 0) is 32.6 Å². The van der Waals surface area contributed by atoms with Crippen molar-refractivity contribution < 1.29 is 22.7 Å². The fraction of sp³-hybridized carbons (Fsp3) is 0.235. The van der Waals surface area contributed by atoms with Crippen molar-refractivity contribution in [3.05, 3.63) is 123 Å². The Morgan fingerprint density at radius 1 is 0.933 bits per heavy atom. The Bertz CT molecular complexity index is 1720. The smallest absolute Gasteiger partial charge is 0.264 e. The molecule has 0 spiro atoms. The second kappa shape index (κ2) is 15.4. The number of amides is 2. The molecule has 0 heterocycles. The van der Waals surface area contributed by atoms with E-state index in [0.717, 1.165) is 25.5 Å². The summed E-state index contributed by atoms with van der Waals surface area (Å²) in [6.07, 6.45) is 0.230. The molecular formula is C34H35BrClN3O5S. The number of likely N-dealkylation sites (N-methyl/N-ethyl adjacent to an activating group) is 1. The number of carbonyl (C=O) groups is 2. The molecule has 1 atom stereocenters. The van der Waals surface area contributed by atoms with Gasteiger partial charge in [0.1, 0.15) is 18.3 Å². The van der Waals surface area contributed by atoms with E-state index < -0.39 is 28.5 Å². The van der Waals surface area contributed by atoms with E-state index in [1.807, 2.05) is 68.4 Å². The van der Waals surface area contributed by atoms with Crippen LogP contribution in [-0.4, -0.2) is 51.4 Å². The van der Waals surface area contributed by atoms with E-state index in [4.69, 9.17) is 16.3 Å². The number of aryl methyl sites for hydroxylation is 1. The monoisotopic (exact) mass is 711 g/mol. The fourth-order valence-corrected chi connectivity index (χ4v) is 6.73. The molecule has 11 heteroatoms. The molecule has 4 aromatic carbocycles. The number of sulfonamides is 1. The molecule has 0 fully saturated rings. The van der Waals surface area contributed by atoms with Gasteiger partial charge < -0.3 is 15.0 Å². The number of benzene rings is 4. The first-order valence-electron chi connectivity index (χ1n) is 14.3. The summed E-state index contributed by atoms with van der Waals surface area (Å²) < 4.78 is 35.5. The van der Waals surface area contributed by atoms with Gasteiger partial charge in [0, 0.05) is 24.0 Å². The highest BCUT2D eigenvalue weighted by molar-refractivity contribution is 9.10. The van der Waals surface area contributed by atoms with E-state index in [2.05, 4.69) is 21.2 Å². The summed E-state index contributed by atoms with van der Waals surface area (Å²) in [5.74, 6) is -0.546. The Hall–Kier alpha value is -3.86. The molecule has 0 saturated heterocycles. The zero-order chi connectivity index (χ0) is 32.6. The summed E-state index contributed by atoms with van der Waals surface area (Å²) in [5, 5.41) is 3.04. The summed E-state index contributed by atoms with van der Waals surface area (Å²) in [7, 11) is -2.79. The van der Waals surface area contributed by atoms with E-state index >= 15 is 0 Å². The van der Waals surface area contributed by atoms with Crippen LogP contribution >= 0.6 is 27.5 Å². The molecule has 0 bridgehead atoms. The molecule has 1 N–H and O–H groups in total. The van der Waals surface area contributed by atoms with E-state index in [9.17, 15) is 18.0 Å². The van der Waals surface area contributed by atoms with Crippen molar-refractivity contribution in [3.8, 4) is 5.75 Å². The number of rotatable bonds is 13. The highest BCUT2D eigenvalue weighted by Gasteiger charge is 2.34. The van der Waals surface area contributed by atoms with E-state index in [-0.39, 0.29) is 34.5 Å². The predicted octanol–water partition coefficient (Wildman–Crippen LogP) is 6.39. The van der Waals surface area contributed by atoms with Crippen LogP contribution in [0.25, 0.3) is 0 Å². The van der Waals surface area contributed by atoms with Crippen LogP contribution in [0.4, 0.5) is 5.69 Å². The van der Waals surface area contributed by atoms with Gasteiger partial charge in [-0.05, 0) is 67.4 Å². The van der Waals surface area contributed by atoms with Crippen molar-refractivity contribution in [2.75, 3.05) is 24.5 Å². The maximum atomic E-state index is 14.5. The minimum absolute atomic E-state index is 0.0110. The average molecular weight is 713 g/mol. The van der Waals surface area contributed by atoms with Crippen molar-refractivity contribution in [2.45, 2.75) is 37.8 Å². The summed E-state index contributed by atoms with van der Waals surface area (Å²) in [5.41, 5.74) is 2.69. The topological polar surface area (TPSA) is 96.0 Å². The molecule has 0 unspecified atom stereocenters. The number of anilines is 1. The average Bonchev–Trinajstić information content (AvgIpc) is 3.03. The van der Waals surface area contributed by atoms with Gasteiger partial charge in [-0.2, -0.15) is 0 Å². The first kappa shape index (κ1) is 34.0. The standard InChI is InChI=1S/C34H35BrClN3O5S/c1-4-37-34(41)31(20-25-8-6-5-7-9-25)38(22-26-12-14-27(35)15-13-26)33(40)23-39(28-16-19-32(44-3)30(36)21-28)45(42,43)29-17-10-24(2)11-18-29/h5-19,21,31H,4,20,22-23H2,1-3H3,(H,37,41)/t31-/m1/s1. The second-order valence-electron chi connectivity index (χ2n) is 10.4.